The first-order chi connectivity index (χ1) is 8.09. The van der Waals surface area contributed by atoms with Crippen LogP contribution in [0.25, 0.3) is 0 Å². The summed E-state index contributed by atoms with van der Waals surface area (Å²) >= 11 is 0. The number of hydrogen-bond acceptors (Lipinski definition) is 6. The van der Waals surface area contributed by atoms with Gasteiger partial charge < -0.3 is 9.84 Å². The summed E-state index contributed by atoms with van der Waals surface area (Å²) in [6.07, 6.45) is 0. The molecule has 0 saturated heterocycles. The third-order valence-electron chi connectivity index (χ3n) is 2.36. The average Bonchev–Trinajstić information content (AvgIpc) is 2.88. The third kappa shape index (κ3) is 2.14. The maximum atomic E-state index is 12.0. The van der Waals surface area contributed by atoms with Gasteiger partial charge in [-0.25, -0.2) is 0 Å². The number of aromatic amines is 1. The molecule has 0 bridgehead atoms. The molecule has 1 amide bonds. The molecule has 0 aromatic carbocycles. The van der Waals surface area contributed by atoms with E-state index in [-0.39, 0.29) is 11.9 Å². The van der Waals surface area contributed by atoms with Gasteiger partial charge in [0.2, 0.25) is 0 Å². The monoisotopic (exact) mass is 236 g/mol. The first kappa shape index (κ1) is 11.2. The fourth-order valence-corrected chi connectivity index (χ4v) is 1.49. The maximum Gasteiger partial charge on any atom is 0.257 e. The molecule has 1 unspecified atom stereocenters. The van der Waals surface area contributed by atoms with Crippen molar-refractivity contribution in [3.05, 3.63) is 22.8 Å². The van der Waals surface area contributed by atoms with E-state index in [1.807, 2.05) is 0 Å². The van der Waals surface area contributed by atoms with Gasteiger partial charge in [0.25, 0.3) is 5.91 Å². The van der Waals surface area contributed by atoms with Crippen molar-refractivity contribution in [1.29, 1.82) is 0 Å². The number of amides is 1. The molecule has 8 heteroatoms. The highest BCUT2D eigenvalue weighted by Crippen LogP contribution is 2.13. The van der Waals surface area contributed by atoms with Crippen LogP contribution in [0.15, 0.2) is 4.52 Å². The zero-order valence-electron chi connectivity index (χ0n) is 9.68. The fourth-order valence-electron chi connectivity index (χ4n) is 1.49. The summed E-state index contributed by atoms with van der Waals surface area (Å²) in [7, 11) is 0. The minimum atomic E-state index is -0.338. The van der Waals surface area contributed by atoms with Crippen molar-refractivity contribution in [3.8, 4) is 0 Å². The predicted octanol–water partition coefficient (Wildman–Crippen LogP) is 0.296. The Kier molecular flexibility index (Phi) is 2.86. The van der Waals surface area contributed by atoms with Gasteiger partial charge in [0, 0.05) is 0 Å². The first-order valence-electron chi connectivity index (χ1n) is 5.06. The quantitative estimate of drug-likeness (QED) is 0.792. The van der Waals surface area contributed by atoms with Crippen LogP contribution in [0.1, 0.15) is 40.6 Å². The van der Waals surface area contributed by atoms with E-state index < -0.39 is 0 Å². The SMILES string of the molecule is Cc1noc(C)c1C(=O)NC(C)c1nn[nH]n1. The van der Waals surface area contributed by atoms with Crippen LogP contribution in [-0.4, -0.2) is 31.7 Å². The standard InChI is InChI=1S/C9H12N6O2/c1-4-7(6(3)17-13-4)9(16)10-5(2)8-11-14-15-12-8/h5H,1-3H3,(H,10,16)(H,11,12,14,15). The molecular weight excluding hydrogens is 224 g/mol. The molecule has 2 aromatic rings. The molecular formula is C9H12N6O2. The summed E-state index contributed by atoms with van der Waals surface area (Å²) in [5.41, 5.74) is 1.00. The second-order valence-corrected chi connectivity index (χ2v) is 3.66. The Morgan fingerprint density at radius 2 is 2.24 bits per heavy atom. The van der Waals surface area contributed by atoms with E-state index in [2.05, 4.69) is 31.1 Å². The molecule has 0 aliphatic rings. The van der Waals surface area contributed by atoms with Gasteiger partial charge in [-0.05, 0) is 20.8 Å². The molecule has 0 fully saturated rings. The van der Waals surface area contributed by atoms with Crippen molar-refractivity contribution < 1.29 is 9.32 Å². The van der Waals surface area contributed by atoms with E-state index in [9.17, 15) is 4.79 Å². The number of nitrogens with zero attached hydrogens (tertiary/aromatic N) is 4. The van der Waals surface area contributed by atoms with E-state index in [0.717, 1.165) is 0 Å². The molecule has 17 heavy (non-hydrogen) atoms. The van der Waals surface area contributed by atoms with Gasteiger partial charge in [0.15, 0.2) is 5.82 Å². The molecule has 2 aromatic heterocycles. The number of carbonyl (C=O) groups excluding carboxylic acids is 1. The van der Waals surface area contributed by atoms with E-state index in [4.69, 9.17) is 4.52 Å². The smallest absolute Gasteiger partial charge is 0.257 e. The number of carbonyl (C=O) groups is 1. The second kappa shape index (κ2) is 4.32. The van der Waals surface area contributed by atoms with Crippen LogP contribution in [-0.2, 0) is 0 Å². The van der Waals surface area contributed by atoms with Gasteiger partial charge in [-0.2, -0.15) is 5.21 Å². The lowest BCUT2D eigenvalue weighted by Crippen LogP contribution is -2.28. The average molecular weight is 236 g/mol. The highest BCUT2D eigenvalue weighted by Gasteiger charge is 2.20. The minimum Gasteiger partial charge on any atom is -0.361 e. The van der Waals surface area contributed by atoms with Crippen LogP contribution in [0.2, 0.25) is 0 Å². The third-order valence-corrected chi connectivity index (χ3v) is 2.36. The van der Waals surface area contributed by atoms with Crippen molar-refractivity contribution in [3.63, 3.8) is 0 Å². The number of aromatic nitrogens is 5. The van der Waals surface area contributed by atoms with Crippen molar-refractivity contribution in [2.75, 3.05) is 0 Å². The molecule has 1 atom stereocenters. The topological polar surface area (TPSA) is 110 Å². The van der Waals surface area contributed by atoms with Crippen molar-refractivity contribution in [2.24, 2.45) is 0 Å². The Morgan fingerprint density at radius 3 is 2.76 bits per heavy atom. The second-order valence-electron chi connectivity index (χ2n) is 3.66. The molecule has 2 N–H and O–H groups in total. The molecule has 0 radical (unpaired) electrons. The molecule has 0 aliphatic carbocycles. The summed E-state index contributed by atoms with van der Waals surface area (Å²) in [5.74, 6) is 0.643. The normalized spacial score (nSPS) is 12.4. The van der Waals surface area contributed by atoms with Gasteiger partial charge in [-0.1, -0.05) is 10.4 Å². The molecule has 0 saturated carbocycles. The number of tetrazole rings is 1. The molecule has 2 heterocycles. The fraction of sp³-hybridized carbons (Fsp3) is 0.444. The lowest BCUT2D eigenvalue weighted by atomic mass is 10.2. The van der Waals surface area contributed by atoms with Gasteiger partial charge in [0.05, 0.1) is 11.7 Å². The molecule has 90 valence electrons. The largest absolute Gasteiger partial charge is 0.361 e. The van der Waals surface area contributed by atoms with Gasteiger partial charge in [0.1, 0.15) is 11.3 Å². The number of aryl methyl sites for hydroxylation is 2. The van der Waals surface area contributed by atoms with Crippen LogP contribution in [0.4, 0.5) is 0 Å². The Morgan fingerprint density at radius 1 is 1.47 bits per heavy atom. The maximum absolute atomic E-state index is 12.0. The highest BCUT2D eigenvalue weighted by molar-refractivity contribution is 5.96. The van der Waals surface area contributed by atoms with E-state index in [1.165, 1.54) is 0 Å². The number of H-pyrrole nitrogens is 1. The molecule has 8 nitrogen and oxygen atoms in total. The summed E-state index contributed by atoms with van der Waals surface area (Å²) < 4.78 is 4.93. The Labute approximate surface area is 96.8 Å². The zero-order valence-corrected chi connectivity index (χ0v) is 9.68. The summed E-state index contributed by atoms with van der Waals surface area (Å²) in [4.78, 5) is 12.0. The summed E-state index contributed by atoms with van der Waals surface area (Å²) in [5, 5.41) is 19.8. The summed E-state index contributed by atoms with van der Waals surface area (Å²) in [6.45, 7) is 5.17. The van der Waals surface area contributed by atoms with Crippen molar-refractivity contribution in [2.45, 2.75) is 26.8 Å². The van der Waals surface area contributed by atoms with Crippen molar-refractivity contribution in [1.82, 2.24) is 31.1 Å². The lowest BCUT2D eigenvalue weighted by Gasteiger charge is -2.09. The van der Waals surface area contributed by atoms with Gasteiger partial charge in [-0.15, -0.1) is 10.2 Å². The number of nitrogens with one attached hydrogen (secondary N) is 2. The Bertz CT molecular complexity index is 498. The van der Waals surface area contributed by atoms with E-state index in [0.29, 0.717) is 22.8 Å². The van der Waals surface area contributed by atoms with Crippen LogP contribution in [0.5, 0.6) is 0 Å². The van der Waals surface area contributed by atoms with Crippen molar-refractivity contribution >= 4 is 5.91 Å². The van der Waals surface area contributed by atoms with Crippen LogP contribution in [0.3, 0.4) is 0 Å². The number of hydrogen-bond donors (Lipinski definition) is 2. The lowest BCUT2D eigenvalue weighted by molar-refractivity contribution is 0.0936. The molecule has 2 rings (SSSR count). The first-order valence-corrected chi connectivity index (χ1v) is 5.06. The van der Waals surface area contributed by atoms with E-state index >= 15 is 0 Å². The highest BCUT2D eigenvalue weighted by atomic mass is 16.5. The van der Waals surface area contributed by atoms with Gasteiger partial charge in [-0.3, -0.25) is 4.79 Å². The van der Waals surface area contributed by atoms with Crippen LogP contribution >= 0.6 is 0 Å². The molecule has 0 aliphatic heterocycles. The Balaban J connectivity index is 2.12. The Hall–Kier alpha value is -2.25. The minimum absolute atomic E-state index is 0.265. The van der Waals surface area contributed by atoms with E-state index in [1.54, 1.807) is 20.8 Å². The van der Waals surface area contributed by atoms with Gasteiger partial charge >= 0.3 is 0 Å². The van der Waals surface area contributed by atoms with Crippen LogP contribution < -0.4 is 5.32 Å². The zero-order chi connectivity index (χ0) is 12.4. The molecule has 0 spiro atoms. The summed E-state index contributed by atoms with van der Waals surface area (Å²) in [6, 6.07) is -0.338. The number of rotatable bonds is 3. The van der Waals surface area contributed by atoms with Crippen LogP contribution in [0, 0.1) is 13.8 Å². The predicted molar refractivity (Wildman–Crippen MR) is 56.0 cm³/mol.